The largest absolute Gasteiger partial charge is 0.326 e. The molecule has 1 saturated heterocycles. The average molecular weight is 448 g/mol. The molecule has 0 radical (unpaired) electrons. The molecule has 3 aromatic rings. The number of aromatic nitrogens is 1. The van der Waals surface area contributed by atoms with E-state index in [-0.39, 0.29) is 22.4 Å². The van der Waals surface area contributed by atoms with Crippen LogP contribution in [-0.4, -0.2) is 36.7 Å². The molecule has 1 fully saturated rings. The first kappa shape index (κ1) is 20.7. The van der Waals surface area contributed by atoms with Gasteiger partial charge in [0.1, 0.15) is 10.7 Å². The van der Waals surface area contributed by atoms with Crippen LogP contribution in [0.2, 0.25) is 5.02 Å². The van der Waals surface area contributed by atoms with E-state index in [0.29, 0.717) is 30.6 Å². The van der Waals surface area contributed by atoms with Crippen LogP contribution in [0.5, 0.6) is 0 Å². The zero-order valence-electron chi connectivity index (χ0n) is 15.9. The summed E-state index contributed by atoms with van der Waals surface area (Å²) < 4.78 is 41.3. The molecule has 0 bridgehead atoms. The molecule has 0 aliphatic carbocycles. The lowest BCUT2D eigenvalue weighted by Crippen LogP contribution is -2.43. The topological polar surface area (TPSA) is 79.4 Å². The van der Waals surface area contributed by atoms with Gasteiger partial charge in [-0.15, -0.1) is 0 Å². The predicted octanol–water partition coefficient (Wildman–Crippen LogP) is 4.07. The Morgan fingerprint density at radius 2 is 2.00 bits per heavy atom. The van der Waals surface area contributed by atoms with E-state index in [1.807, 2.05) is 12.1 Å². The van der Waals surface area contributed by atoms with E-state index in [1.54, 1.807) is 18.3 Å². The summed E-state index contributed by atoms with van der Waals surface area (Å²) in [5.41, 5.74) is 0.775. The van der Waals surface area contributed by atoms with Gasteiger partial charge in [-0.3, -0.25) is 9.78 Å². The normalized spacial score (nSPS) is 17.7. The Balaban J connectivity index is 1.55. The number of rotatable bonds is 4. The highest BCUT2D eigenvalue weighted by molar-refractivity contribution is 7.89. The van der Waals surface area contributed by atoms with Crippen molar-refractivity contribution in [3.05, 3.63) is 65.6 Å². The molecule has 1 aliphatic heterocycles. The van der Waals surface area contributed by atoms with Gasteiger partial charge in [-0.05, 0) is 43.2 Å². The Kier molecular flexibility index (Phi) is 5.73. The number of pyridine rings is 1. The van der Waals surface area contributed by atoms with Gasteiger partial charge in [0.2, 0.25) is 15.9 Å². The smallest absolute Gasteiger partial charge is 0.245 e. The Bertz CT molecular complexity index is 1210. The Labute approximate surface area is 178 Å². The van der Waals surface area contributed by atoms with E-state index >= 15 is 0 Å². The van der Waals surface area contributed by atoms with E-state index in [9.17, 15) is 17.6 Å². The zero-order valence-corrected chi connectivity index (χ0v) is 17.5. The van der Waals surface area contributed by atoms with Gasteiger partial charge >= 0.3 is 0 Å². The van der Waals surface area contributed by atoms with E-state index in [1.165, 1.54) is 28.6 Å². The van der Waals surface area contributed by atoms with Gasteiger partial charge in [0.05, 0.1) is 16.5 Å². The van der Waals surface area contributed by atoms with Gasteiger partial charge < -0.3 is 5.32 Å². The first-order valence-electron chi connectivity index (χ1n) is 9.46. The molecule has 0 spiro atoms. The SMILES string of the molecule is O=C(Nc1ccc(F)c(Cl)c1)[C@@H]1CCCN(S(=O)(=O)c2cccc3cccnc23)C1. The van der Waals surface area contributed by atoms with E-state index in [4.69, 9.17) is 11.6 Å². The van der Waals surface area contributed by atoms with E-state index in [2.05, 4.69) is 10.3 Å². The number of sulfonamides is 1. The minimum Gasteiger partial charge on any atom is -0.326 e. The lowest BCUT2D eigenvalue weighted by Gasteiger charge is -2.31. The van der Waals surface area contributed by atoms with E-state index in [0.717, 1.165) is 5.39 Å². The lowest BCUT2D eigenvalue weighted by atomic mass is 9.99. The second kappa shape index (κ2) is 8.29. The highest BCUT2D eigenvalue weighted by atomic mass is 35.5. The van der Waals surface area contributed by atoms with Crippen LogP contribution in [0.4, 0.5) is 10.1 Å². The van der Waals surface area contributed by atoms with Gasteiger partial charge in [-0.1, -0.05) is 29.8 Å². The molecule has 9 heteroatoms. The second-order valence-corrected chi connectivity index (χ2v) is 9.47. The molecule has 1 aliphatic rings. The number of anilines is 1. The molecular weight excluding hydrogens is 429 g/mol. The molecule has 1 amide bonds. The third-order valence-electron chi connectivity index (χ3n) is 5.16. The minimum atomic E-state index is -3.82. The number of nitrogens with one attached hydrogen (secondary N) is 1. The summed E-state index contributed by atoms with van der Waals surface area (Å²) in [5.74, 6) is -1.43. The minimum absolute atomic E-state index is 0.0618. The summed E-state index contributed by atoms with van der Waals surface area (Å²) in [4.78, 5) is 17.1. The van der Waals surface area contributed by atoms with Crippen LogP contribution in [0.15, 0.2) is 59.6 Å². The fourth-order valence-corrected chi connectivity index (χ4v) is 5.49. The number of para-hydroxylation sites is 1. The summed E-state index contributed by atoms with van der Waals surface area (Å²) in [6.45, 7) is 0.393. The summed E-state index contributed by atoms with van der Waals surface area (Å²) in [6.07, 6.45) is 2.67. The van der Waals surface area contributed by atoms with Crippen molar-refractivity contribution in [3.8, 4) is 0 Å². The third-order valence-corrected chi connectivity index (χ3v) is 7.34. The number of nitrogens with zero attached hydrogens (tertiary/aromatic N) is 2. The van der Waals surface area contributed by atoms with Crippen LogP contribution in [0, 0.1) is 11.7 Å². The van der Waals surface area contributed by atoms with Crippen molar-refractivity contribution in [1.82, 2.24) is 9.29 Å². The van der Waals surface area contributed by atoms with Gasteiger partial charge in [-0.2, -0.15) is 4.31 Å². The monoisotopic (exact) mass is 447 g/mol. The lowest BCUT2D eigenvalue weighted by molar-refractivity contribution is -0.120. The van der Waals surface area contributed by atoms with Crippen molar-refractivity contribution in [1.29, 1.82) is 0 Å². The number of hydrogen-bond acceptors (Lipinski definition) is 4. The molecule has 0 saturated carbocycles. The van der Waals surface area contributed by atoms with Crippen molar-refractivity contribution >= 4 is 44.1 Å². The molecule has 2 aromatic carbocycles. The van der Waals surface area contributed by atoms with Gasteiger partial charge in [0, 0.05) is 30.4 Å². The van der Waals surface area contributed by atoms with Crippen molar-refractivity contribution < 1.29 is 17.6 Å². The number of fused-ring (bicyclic) bond motifs is 1. The maximum Gasteiger partial charge on any atom is 0.245 e. The molecule has 0 unspecified atom stereocenters. The number of amides is 1. The van der Waals surface area contributed by atoms with Gasteiger partial charge in [0.25, 0.3) is 0 Å². The molecule has 2 heterocycles. The van der Waals surface area contributed by atoms with Crippen molar-refractivity contribution in [3.63, 3.8) is 0 Å². The quantitative estimate of drug-likeness (QED) is 0.654. The molecule has 4 rings (SSSR count). The van der Waals surface area contributed by atoms with Crippen LogP contribution in [0.1, 0.15) is 12.8 Å². The Morgan fingerprint density at radius 3 is 2.80 bits per heavy atom. The molecule has 156 valence electrons. The highest BCUT2D eigenvalue weighted by Crippen LogP contribution is 2.28. The van der Waals surface area contributed by atoms with Crippen LogP contribution in [0.25, 0.3) is 10.9 Å². The van der Waals surface area contributed by atoms with Crippen molar-refractivity contribution in [2.45, 2.75) is 17.7 Å². The van der Waals surface area contributed by atoms with Crippen LogP contribution < -0.4 is 5.32 Å². The van der Waals surface area contributed by atoms with Crippen molar-refractivity contribution in [2.75, 3.05) is 18.4 Å². The number of benzene rings is 2. The summed E-state index contributed by atoms with van der Waals surface area (Å²) in [7, 11) is -3.82. The second-order valence-electron chi connectivity index (χ2n) is 7.15. The Morgan fingerprint density at radius 1 is 1.20 bits per heavy atom. The van der Waals surface area contributed by atoms with Crippen LogP contribution in [-0.2, 0) is 14.8 Å². The maximum atomic E-state index is 13.3. The van der Waals surface area contributed by atoms with Gasteiger partial charge in [-0.25, -0.2) is 12.8 Å². The summed E-state index contributed by atoms with van der Waals surface area (Å²) >= 11 is 5.76. The number of carbonyl (C=O) groups excluding carboxylic acids is 1. The number of hydrogen-bond donors (Lipinski definition) is 1. The van der Waals surface area contributed by atoms with Crippen LogP contribution >= 0.6 is 11.6 Å². The summed E-state index contributed by atoms with van der Waals surface area (Å²) in [6, 6.07) is 12.5. The molecule has 6 nitrogen and oxygen atoms in total. The average Bonchev–Trinajstić information content (AvgIpc) is 2.76. The first-order chi connectivity index (χ1) is 14.4. The fraction of sp³-hybridized carbons (Fsp3) is 0.238. The molecular formula is C21H19ClFN3O3S. The molecule has 1 aromatic heterocycles. The number of halogens is 2. The number of carbonyl (C=O) groups is 1. The highest BCUT2D eigenvalue weighted by Gasteiger charge is 2.34. The fourth-order valence-electron chi connectivity index (χ4n) is 3.62. The first-order valence-corrected chi connectivity index (χ1v) is 11.3. The van der Waals surface area contributed by atoms with E-state index < -0.39 is 21.8 Å². The third kappa shape index (κ3) is 4.03. The number of piperidine rings is 1. The molecule has 1 atom stereocenters. The van der Waals surface area contributed by atoms with Crippen LogP contribution in [0.3, 0.4) is 0 Å². The predicted molar refractivity (Wildman–Crippen MR) is 113 cm³/mol. The van der Waals surface area contributed by atoms with Crippen molar-refractivity contribution in [2.24, 2.45) is 5.92 Å². The standard InChI is InChI=1S/C21H19ClFN3O3S/c22-17-12-16(8-9-18(17)23)25-21(27)15-6-3-11-26(13-15)30(28,29)19-7-1-4-14-5-2-10-24-20(14)19/h1-2,4-5,7-10,12,15H,3,6,11,13H2,(H,25,27)/t15-/m1/s1. The Hall–Kier alpha value is -2.55. The van der Waals surface area contributed by atoms with Gasteiger partial charge in [0.15, 0.2) is 0 Å². The zero-order chi connectivity index (χ0) is 21.3. The molecule has 1 N–H and O–H groups in total. The summed E-state index contributed by atoms with van der Waals surface area (Å²) in [5, 5.41) is 3.34. The maximum absolute atomic E-state index is 13.3. The molecule has 30 heavy (non-hydrogen) atoms.